The van der Waals surface area contributed by atoms with Crippen LogP contribution in [0, 0.1) is 10.8 Å². The van der Waals surface area contributed by atoms with Gasteiger partial charge >= 0.3 is 0 Å². The van der Waals surface area contributed by atoms with Crippen LogP contribution in [0.2, 0.25) is 0 Å². The first-order valence-corrected chi connectivity index (χ1v) is 4.68. The predicted octanol–water partition coefficient (Wildman–Crippen LogP) is 2.55. The summed E-state index contributed by atoms with van der Waals surface area (Å²) in [6.07, 6.45) is 5.43. The van der Waals surface area contributed by atoms with Crippen LogP contribution in [0.4, 0.5) is 0 Å². The van der Waals surface area contributed by atoms with E-state index in [4.69, 9.17) is 5.73 Å². The van der Waals surface area contributed by atoms with E-state index in [1.807, 2.05) is 0 Å². The third-order valence-electron chi connectivity index (χ3n) is 2.54. The summed E-state index contributed by atoms with van der Waals surface area (Å²) in [5, 5.41) is 0. The van der Waals surface area contributed by atoms with Gasteiger partial charge in [0.25, 0.3) is 0 Å². The van der Waals surface area contributed by atoms with Gasteiger partial charge < -0.3 is 5.73 Å². The minimum atomic E-state index is 0.492. The van der Waals surface area contributed by atoms with Crippen molar-refractivity contribution in [2.45, 2.75) is 46.5 Å². The Balaban J connectivity index is 2.35. The van der Waals surface area contributed by atoms with Gasteiger partial charge in [0, 0.05) is 0 Å². The summed E-state index contributed by atoms with van der Waals surface area (Å²) in [4.78, 5) is 0. The third kappa shape index (κ3) is 2.82. The van der Waals surface area contributed by atoms with Crippen molar-refractivity contribution in [3.63, 3.8) is 0 Å². The summed E-state index contributed by atoms with van der Waals surface area (Å²) >= 11 is 0. The number of rotatable bonds is 3. The van der Waals surface area contributed by atoms with E-state index in [1.165, 1.54) is 25.7 Å². The fourth-order valence-corrected chi connectivity index (χ4v) is 2.12. The molecule has 0 amide bonds. The molecule has 66 valence electrons. The minimum absolute atomic E-state index is 0.492. The van der Waals surface area contributed by atoms with E-state index in [0.717, 1.165) is 6.54 Å². The molecule has 1 nitrogen and oxygen atoms in total. The number of hydrogen-bond donors (Lipinski definition) is 1. The highest BCUT2D eigenvalue weighted by molar-refractivity contribution is 4.95. The van der Waals surface area contributed by atoms with Crippen molar-refractivity contribution in [2.24, 2.45) is 16.6 Å². The van der Waals surface area contributed by atoms with Crippen LogP contribution < -0.4 is 5.73 Å². The van der Waals surface area contributed by atoms with E-state index in [-0.39, 0.29) is 0 Å². The van der Waals surface area contributed by atoms with Gasteiger partial charge in [-0.3, -0.25) is 0 Å². The van der Waals surface area contributed by atoms with Gasteiger partial charge in [-0.15, -0.1) is 0 Å². The molecule has 1 saturated carbocycles. The summed E-state index contributed by atoms with van der Waals surface area (Å²) in [6, 6.07) is 0. The highest BCUT2D eigenvalue weighted by Gasteiger charge is 2.43. The Labute approximate surface area is 70.4 Å². The zero-order valence-electron chi connectivity index (χ0n) is 8.11. The summed E-state index contributed by atoms with van der Waals surface area (Å²) in [7, 11) is 0. The number of nitrogens with two attached hydrogens (primary N) is 1. The Hall–Kier alpha value is -0.0400. The van der Waals surface area contributed by atoms with Gasteiger partial charge in [0.1, 0.15) is 0 Å². The second-order valence-corrected chi connectivity index (χ2v) is 5.28. The molecule has 0 unspecified atom stereocenters. The Bertz CT molecular complexity index is 128. The molecule has 0 spiro atoms. The molecule has 0 radical (unpaired) electrons. The molecule has 2 N–H and O–H groups in total. The van der Waals surface area contributed by atoms with Crippen LogP contribution in [-0.4, -0.2) is 6.54 Å². The van der Waals surface area contributed by atoms with Gasteiger partial charge in [-0.1, -0.05) is 20.8 Å². The second-order valence-electron chi connectivity index (χ2n) is 5.28. The lowest BCUT2D eigenvalue weighted by atomic mass is 9.81. The molecule has 1 fully saturated rings. The van der Waals surface area contributed by atoms with Gasteiger partial charge in [0.05, 0.1) is 0 Å². The van der Waals surface area contributed by atoms with Crippen molar-refractivity contribution in [2.75, 3.05) is 6.54 Å². The maximum absolute atomic E-state index is 5.57. The molecule has 1 heteroatoms. The molecule has 0 aromatic carbocycles. The Morgan fingerprint density at radius 3 is 2.09 bits per heavy atom. The monoisotopic (exact) mass is 155 g/mol. The van der Waals surface area contributed by atoms with Gasteiger partial charge in [-0.2, -0.15) is 0 Å². The van der Waals surface area contributed by atoms with Crippen molar-refractivity contribution in [3.8, 4) is 0 Å². The van der Waals surface area contributed by atoms with E-state index in [2.05, 4.69) is 20.8 Å². The number of hydrogen-bond acceptors (Lipinski definition) is 1. The molecule has 0 atom stereocenters. The largest absolute Gasteiger partial charge is 0.330 e. The zero-order valence-corrected chi connectivity index (χ0v) is 8.11. The zero-order chi connectivity index (χ0) is 8.54. The first kappa shape index (κ1) is 9.05. The topological polar surface area (TPSA) is 26.0 Å². The van der Waals surface area contributed by atoms with Crippen LogP contribution in [0.25, 0.3) is 0 Å². The standard InChI is InChI=1S/C10H21N/c1-9(2,3)8-10(4-5-10)6-7-11/h4-8,11H2,1-3H3. The minimum Gasteiger partial charge on any atom is -0.330 e. The Morgan fingerprint density at radius 2 is 1.82 bits per heavy atom. The predicted molar refractivity (Wildman–Crippen MR) is 49.4 cm³/mol. The maximum Gasteiger partial charge on any atom is -0.00720 e. The first-order chi connectivity index (χ1) is 4.97. The van der Waals surface area contributed by atoms with Crippen LogP contribution in [0.15, 0.2) is 0 Å². The Morgan fingerprint density at radius 1 is 1.27 bits per heavy atom. The van der Waals surface area contributed by atoms with Crippen LogP contribution in [0.1, 0.15) is 46.5 Å². The average molecular weight is 155 g/mol. The fraction of sp³-hybridized carbons (Fsp3) is 1.00. The van der Waals surface area contributed by atoms with Crippen LogP contribution >= 0.6 is 0 Å². The molecular formula is C10H21N. The SMILES string of the molecule is CC(C)(C)CC1(CCN)CC1. The van der Waals surface area contributed by atoms with E-state index in [1.54, 1.807) is 0 Å². The van der Waals surface area contributed by atoms with E-state index >= 15 is 0 Å². The second kappa shape index (κ2) is 2.78. The van der Waals surface area contributed by atoms with Crippen molar-refractivity contribution >= 4 is 0 Å². The molecule has 0 aliphatic heterocycles. The van der Waals surface area contributed by atoms with Crippen molar-refractivity contribution in [1.82, 2.24) is 0 Å². The van der Waals surface area contributed by atoms with E-state index in [0.29, 0.717) is 10.8 Å². The molecular weight excluding hydrogens is 134 g/mol. The van der Waals surface area contributed by atoms with E-state index in [9.17, 15) is 0 Å². The summed E-state index contributed by atoms with van der Waals surface area (Å²) in [5.41, 5.74) is 6.72. The normalized spacial score (nSPS) is 21.8. The molecule has 0 aromatic rings. The van der Waals surface area contributed by atoms with Crippen molar-refractivity contribution in [1.29, 1.82) is 0 Å². The van der Waals surface area contributed by atoms with Crippen molar-refractivity contribution in [3.05, 3.63) is 0 Å². The molecule has 1 rings (SSSR count). The molecule has 11 heavy (non-hydrogen) atoms. The summed E-state index contributed by atoms with van der Waals surface area (Å²) < 4.78 is 0. The molecule has 0 saturated heterocycles. The lowest BCUT2D eigenvalue weighted by Gasteiger charge is -2.25. The van der Waals surface area contributed by atoms with Crippen LogP contribution in [0.5, 0.6) is 0 Å². The highest BCUT2D eigenvalue weighted by Crippen LogP contribution is 2.55. The van der Waals surface area contributed by atoms with Gasteiger partial charge in [-0.05, 0) is 43.1 Å². The smallest absolute Gasteiger partial charge is 0.00720 e. The summed E-state index contributed by atoms with van der Waals surface area (Å²) in [6.45, 7) is 7.84. The molecule has 1 aliphatic carbocycles. The van der Waals surface area contributed by atoms with Gasteiger partial charge in [-0.25, -0.2) is 0 Å². The molecule has 1 aliphatic rings. The molecule has 0 heterocycles. The Kier molecular flexibility index (Phi) is 2.29. The van der Waals surface area contributed by atoms with Crippen LogP contribution in [-0.2, 0) is 0 Å². The molecule has 0 bridgehead atoms. The lowest BCUT2D eigenvalue weighted by Crippen LogP contribution is -2.17. The third-order valence-corrected chi connectivity index (χ3v) is 2.54. The average Bonchev–Trinajstić information content (AvgIpc) is 2.44. The van der Waals surface area contributed by atoms with Gasteiger partial charge in [0.2, 0.25) is 0 Å². The maximum atomic E-state index is 5.57. The van der Waals surface area contributed by atoms with E-state index < -0.39 is 0 Å². The highest BCUT2D eigenvalue weighted by atomic mass is 14.6. The quantitative estimate of drug-likeness (QED) is 0.666. The van der Waals surface area contributed by atoms with Crippen LogP contribution in [0.3, 0.4) is 0 Å². The summed E-state index contributed by atoms with van der Waals surface area (Å²) in [5.74, 6) is 0. The molecule has 0 aromatic heterocycles. The van der Waals surface area contributed by atoms with Crippen molar-refractivity contribution < 1.29 is 0 Å². The first-order valence-electron chi connectivity index (χ1n) is 4.68. The fourth-order valence-electron chi connectivity index (χ4n) is 2.12. The lowest BCUT2D eigenvalue weighted by molar-refractivity contribution is 0.267. The van der Waals surface area contributed by atoms with Gasteiger partial charge in [0.15, 0.2) is 0 Å².